The topological polar surface area (TPSA) is 66.6 Å². The standard InChI is InChI=1S/C14H13N2O3.C4H9.Sn/c1-16-8-7-14(18,13(16)17)12-9-11(15-19-12)10-5-3-2-4-6-10;1-4(2)3;/h2-3,5-6,9,18H,7-8H2,1H3;1-3H3;/t14-;;/m1../s1. The number of carbonyl (C=O) groups excluding carboxylic acids is 1. The molecule has 1 saturated heterocycles. The monoisotopic (exact) mass is 434 g/mol. The Hall–Kier alpha value is -1.34. The molecule has 0 aliphatic carbocycles. The molecule has 0 bridgehead atoms. The fraction of sp³-hybridized carbons (Fsp3) is 0.444. The molecule has 1 amide bonds. The zero-order chi connectivity index (χ0) is 17.5. The van der Waals surface area contributed by atoms with Gasteiger partial charge in [0.15, 0.2) is 0 Å². The second kappa shape index (κ2) is 6.19. The molecule has 0 saturated carbocycles. The molecule has 1 N–H and O–H groups in total. The van der Waals surface area contributed by atoms with Gasteiger partial charge in [0.05, 0.1) is 0 Å². The average molecular weight is 433 g/mol. The fourth-order valence-corrected chi connectivity index (χ4v) is 6.51. The zero-order valence-corrected chi connectivity index (χ0v) is 17.3. The van der Waals surface area contributed by atoms with Crippen molar-refractivity contribution in [1.29, 1.82) is 0 Å². The molecule has 126 valence electrons. The van der Waals surface area contributed by atoms with Gasteiger partial charge >= 0.3 is 152 Å². The van der Waals surface area contributed by atoms with Crippen molar-refractivity contribution in [2.45, 2.75) is 36.2 Å². The number of amides is 1. The first-order valence-corrected chi connectivity index (χ1v) is 10.9. The van der Waals surface area contributed by atoms with Gasteiger partial charge in [-0.1, -0.05) is 0 Å². The quantitative estimate of drug-likeness (QED) is 0.752. The van der Waals surface area contributed by atoms with Crippen LogP contribution in [0.5, 0.6) is 0 Å². The number of nitrogens with zero attached hydrogens (tertiary/aromatic N) is 2. The van der Waals surface area contributed by atoms with Crippen LogP contribution in [0.1, 0.15) is 33.0 Å². The molecule has 1 aromatic carbocycles. The van der Waals surface area contributed by atoms with Crippen LogP contribution in [0, 0.1) is 0 Å². The Morgan fingerprint density at radius 2 is 2.08 bits per heavy atom. The third-order valence-corrected chi connectivity index (χ3v) is 7.96. The van der Waals surface area contributed by atoms with E-state index in [1.54, 1.807) is 13.1 Å². The van der Waals surface area contributed by atoms with Crippen molar-refractivity contribution < 1.29 is 14.4 Å². The Morgan fingerprint density at radius 3 is 2.71 bits per heavy atom. The van der Waals surface area contributed by atoms with Gasteiger partial charge in [0.1, 0.15) is 0 Å². The summed E-state index contributed by atoms with van der Waals surface area (Å²) in [6.45, 7) is 7.34. The summed E-state index contributed by atoms with van der Waals surface area (Å²) >= 11 is -0.707. The van der Waals surface area contributed by atoms with Crippen LogP contribution in [0.15, 0.2) is 34.9 Å². The van der Waals surface area contributed by atoms with E-state index in [1.807, 2.05) is 12.1 Å². The Bertz CT molecular complexity index is 766. The van der Waals surface area contributed by atoms with Crippen molar-refractivity contribution in [2.24, 2.45) is 0 Å². The number of likely N-dealkylation sites (tertiary alicyclic amines) is 1. The van der Waals surface area contributed by atoms with E-state index in [-0.39, 0.29) is 11.7 Å². The van der Waals surface area contributed by atoms with Crippen molar-refractivity contribution in [3.05, 3.63) is 36.1 Å². The average Bonchev–Trinajstić information content (AvgIpc) is 3.09. The van der Waals surface area contributed by atoms with Gasteiger partial charge < -0.3 is 0 Å². The van der Waals surface area contributed by atoms with Crippen molar-refractivity contribution in [3.8, 4) is 11.3 Å². The molecule has 1 fully saturated rings. The van der Waals surface area contributed by atoms with Crippen molar-refractivity contribution in [3.63, 3.8) is 0 Å². The summed E-state index contributed by atoms with van der Waals surface area (Å²) in [7, 11) is 1.68. The van der Waals surface area contributed by atoms with E-state index in [1.165, 1.54) is 8.48 Å². The molecule has 3 rings (SSSR count). The minimum atomic E-state index is -1.58. The van der Waals surface area contributed by atoms with Crippen LogP contribution in [0.3, 0.4) is 0 Å². The fourth-order valence-electron chi connectivity index (χ4n) is 2.88. The number of aliphatic hydroxyl groups is 1. The molecule has 0 unspecified atom stereocenters. The van der Waals surface area contributed by atoms with Gasteiger partial charge in [-0.05, 0) is 0 Å². The number of carbonyl (C=O) groups is 1. The second-order valence-corrected chi connectivity index (χ2v) is 14.0. The molecule has 0 spiro atoms. The van der Waals surface area contributed by atoms with Gasteiger partial charge in [-0.25, -0.2) is 0 Å². The number of rotatable bonds is 3. The molecule has 1 aliphatic heterocycles. The van der Waals surface area contributed by atoms with Crippen molar-refractivity contribution in [2.75, 3.05) is 13.6 Å². The molecule has 1 aromatic heterocycles. The van der Waals surface area contributed by atoms with Crippen LogP contribution >= 0.6 is 0 Å². The van der Waals surface area contributed by atoms with Crippen LogP contribution in [0.4, 0.5) is 0 Å². The number of likely N-dealkylation sites (N-methyl/N-ethyl adjacent to an activating group) is 1. The Balaban J connectivity index is 1.89. The van der Waals surface area contributed by atoms with E-state index >= 15 is 0 Å². The summed E-state index contributed by atoms with van der Waals surface area (Å²) in [5.74, 6) is -0.103. The molecule has 1 aliphatic rings. The predicted molar refractivity (Wildman–Crippen MR) is 93.2 cm³/mol. The van der Waals surface area contributed by atoms with Crippen LogP contribution in [0.2, 0.25) is 3.43 Å². The van der Waals surface area contributed by atoms with E-state index in [0.717, 1.165) is 5.56 Å². The van der Waals surface area contributed by atoms with Crippen molar-refractivity contribution >= 4 is 30.6 Å². The minimum absolute atomic E-state index is 0.230. The molecular weight excluding hydrogens is 411 g/mol. The van der Waals surface area contributed by atoms with E-state index in [4.69, 9.17) is 4.52 Å². The second-order valence-electron chi connectivity index (χ2n) is 7.37. The van der Waals surface area contributed by atoms with E-state index in [9.17, 15) is 9.90 Å². The van der Waals surface area contributed by atoms with Crippen LogP contribution in [-0.2, 0) is 10.4 Å². The third-order valence-electron chi connectivity index (χ3n) is 4.10. The summed E-state index contributed by atoms with van der Waals surface area (Å²) in [6.07, 6.45) is 0.329. The molecular formula is C18H22N2O3Sn. The van der Waals surface area contributed by atoms with E-state index in [2.05, 4.69) is 38.1 Å². The number of aromatic nitrogens is 1. The van der Waals surface area contributed by atoms with Gasteiger partial charge in [-0.3, -0.25) is 0 Å². The van der Waals surface area contributed by atoms with Crippen LogP contribution < -0.4 is 3.58 Å². The first-order valence-electron chi connectivity index (χ1n) is 8.03. The van der Waals surface area contributed by atoms with Crippen LogP contribution in [-0.4, -0.2) is 55.8 Å². The van der Waals surface area contributed by atoms with E-state index in [0.29, 0.717) is 22.1 Å². The van der Waals surface area contributed by atoms with Crippen LogP contribution in [0.25, 0.3) is 11.3 Å². The van der Waals surface area contributed by atoms with E-state index < -0.39 is 26.7 Å². The first-order chi connectivity index (χ1) is 11.2. The molecule has 5 nitrogen and oxygen atoms in total. The summed E-state index contributed by atoms with van der Waals surface area (Å²) in [4.78, 5) is 13.7. The summed E-state index contributed by atoms with van der Waals surface area (Å²) < 4.78 is 7.09. The number of benzene rings is 1. The molecule has 6 heteroatoms. The normalized spacial score (nSPS) is 21.5. The van der Waals surface area contributed by atoms with Gasteiger partial charge in [0, 0.05) is 0 Å². The Labute approximate surface area is 152 Å². The van der Waals surface area contributed by atoms with Crippen molar-refractivity contribution in [1.82, 2.24) is 10.1 Å². The maximum atomic E-state index is 12.2. The SMILES string of the molecule is CN1CC[C@@](O)(c2cc(-c3ccc[c]([Sn][C](C)(C)C)c3)no2)C1=O. The third kappa shape index (κ3) is 3.37. The van der Waals surface area contributed by atoms with Gasteiger partial charge in [-0.15, -0.1) is 0 Å². The Kier molecular flexibility index (Phi) is 4.50. The summed E-state index contributed by atoms with van der Waals surface area (Å²) in [6, 6.07) is 10.0. The number of hydrogen-bond acceptors (Lipinski definition) is 4. The predicted octanol–water partition coefficient (Wildman–Crippen LogP) is 1.94. The van der Waals surface area contributed by atoms with Gasteiger partial charge in [0.2, 0.25) is 0 Å². The van der Waals surface area contributed by atoms with Gasteiger partial charge in [-0.2, -0.15) is 0 Å². The summed E-state index contributed by atoms with van der Waals surface area (Å²) in [5.41, 5.74) is 0.0469. The molecule has 1 atom stereocenters. The maximum absolute atomic E-state index is 12.2. The molecule has 2 heterocycles. The Morgan fingerprint density at radius 1 is 1.33 bits per heavy atom. The molecule has 24 heavy (non-hydrogen) atoms. The summed E-state index contributed by atoms with van der Waals surface area (Å²) in [5, 5.41) is 14.7. The zero-order valence-electron chi connectivity index (χ0n) is 14.5. The first kappa shape index (κ1) is 17.5. The molecule has 2 aromatic rings. The van der Waals surface area contributed by atoms with Gasteiger partial charge in [0.25, 0.3) is 0 Å². The molecule has 2 radical (unpaired) electrons. The number of hydrogen-bond donors (Lipinski definition) is 1.